The first-order valence-corrected chi connectivity index (χ1v) is 5.29. The van der Waals surface area contributed by atoms with E-state index in [9.17, 15) is 0 Å². The predicted molar refractivity (Wildman–Crippen MR) is 58.1 cm³/mol. The van der Waals surface area contributed by atoms with Gasteiger partial charge in [-0.3, -0.25) is 0 Å². The second-order valence-electron chi connectivity index (χ2n) is 4.63. The Labute approximate surface area is 83.3 Å². The van der Waals surface area contributed by atoms with Gasteiger partial charge in [0.2, 0.25) is 0 Å². The third-order valence-electron chi connectivity index (χ3n) is 1.90. The van der Waals surface area contributed by atoms with Crippen molar-refractivity contribution < 1.29 is 4.74 Å². The molecule has 0 aromatic heterocycles. The summed E-state index contributed by atoms with van der Waals surface area (Å²) in [6.07, 6.45) is 0. The zero-order valence-electron chi connectivity index (χ0n) is 9.89. The lowest BCUT2D eigenvalue weighted by Gasteiger charge is -2.28. The van der Waals surface area contributed by atoms with Gasteiger partial charge in [0, 0.05) is 19.7 Å². The van der Waals surface area contributed by atoms with E-state index in [1.165, 1.54) is 0 Å². The topological polar surface area (TPSA) is 12.5 Å². The lowest BCUT2D eigenvalue weighted by molar-refractivity contribution is 0.100. The van der Waals surface area contributed by atoms with E-state index >= 15 is 0 Å². The Hall–Kier alpha value is -0.0800. The highest BCUT2D eigenvalue weighted by Gasteiger charge is 2.14. The van der Waals surface area contributed by atoms with Crippen LogP contribution >= 0.6 is 0 Å². The van der Waals surface area contributed by atoms with Crippen molar-refractivity contribution in [2.75, 3.05) is 32.8 Å². The summed E-state index contributed by atoms with van der Waals surface area (Å²) in [5.74, 6) is 0. The molecule has 0 bridgehead atoms. The Morgan fingerprint density at radius 1 is 1.15 bits per heavy atom. The normalized spacial score (nSPS) is 12.5. The standard InChI is InChI=1S/C11H25NO/c1-6-12(8-9-13-7-2)10-11(3,4)5/h6-10H2,1-5H3. The molecule has 0 aliphatic carbocycles. The summed E-state index contributed by atoms with van der Waals surface area (Å²) in [6.45, 7) is 16.1. The lowest BCUT2D eigenvalue weighted by atomic mass is 9.96. The summed E-state index contributed by atoms with van der Waals surface area (Å²) >= 11 is 0. The van der Waals surface area contributed by atoms with Gasteiger partial charge in [-0.15, -0.1) is 0 Å². The zero-order valence-corrected chi connectivity index (χ0v) is 9.89. The van der Waals surface area contributed by atoms with Crippen LogP contribution in [0, 0.1) is 5.41 Å². The maximum atomic E-state index is 5.34. The summed E-state index contributed by atoms with van der Waals surface area (Å²) in [6, 6.07) is 0. The Bertz CT molecular complexity index is 118. The van der Waals surface area contributed by atoms with Gasteiger partial charge < -0.3 is 9.64 Å². The van der Waals surface area contributed by atoms with Crippen LogP contribution in [0.1, 0.15) is 34.6 Å². The third-order valence-corrected chi connectivity index (χ3v) is 1.90. The molecule has 2 nitrogen and oxygen atoms in total. The molecule has 0 aromatic rings. The average Bonchev–Trinajstić information content (AvgIpc) is 2.01. The number of rotatable bonds is 6. The fourth-order valence-electron chi connectivity index (χ4n) is 1.36. The molecule has 0 saturated carbocycles. The molecule has 0 aromatic carbocycles. The first kappa shape index (κ1) is 12.9. The molecule has 0 aliphatic heterocycles. The van der Waals surface area contributed by atoms with Crippen LogP contribution in [0.4, 0.5) is 0 Å². The molecule has 13 heavy (non-hydrogen) atoms. The van der Waals surface area contributed by atoms with Gasteiger partial charge in [-0.05, 0) is 18.9 Å². The predicted octanol–water partition coefficient (Wildman–Crippen LogP) is 2.39. The fraction of sp³-hybridized carbons (Fsp3) is 1.00. The first-order valence-electron chi connectivity index (χ1n) is 5.29. The van der Waals surface area contributed by atoms with Gasteiger partial charge >= 0.3 is 0 Å². The SMILES string of the molecule is CCOCCN(CC)CC(C)(C)C. The molecule has 0 unspecified atom stereocenters. The van der Waals surface area contributed by atoms with Crippen LogP contribution in [-0.2, 0) is 4.74 Å². The van der Waals surface area contributed by atoms with Crippen molar-refractivity contribution in [3.05, 3.63) is 0 Å². The maximum absolute atomic E-state index is 5.34. The summed E-state index contributed by atoms with van der Waals surface area (Å²) in [5.41, 5.74) is 0.391. The molecule has 2 heteroatoms. The van der Waals surface area contributed by atoms with Gasteiger partial charge in [0.1, 0.15) is 0 Å². The molecule has 0 saturated heterocycles. The number of ether oxygens (including phenoxy) is 1. The molecule has 0 aliphatic rings. The highest BCUT2D eigenvalue weighted by Crippen LogP contribution is 2.14. The second-order valence-corrected chi connectivity index (χ2v) is 4.63. The summed E-state index contributed by atoms with van der Waals surface area (Å²) in [4.78, 5) is 2.44. The minimum Gasteiger partial charge on any atom is -0.380 e. The average molecular weight is 187 g/mol. The van der Waals surface area contributed by atoms with Crippen molar-refractivity contribution in [3.63, 3.8) is 0 Å². The Morgan fingerprint density at radius 3 is 2.15 bits per heavy atom. The minimum absolute atomic E-state index is 0.391. The van der Waals surface area contributed by atoms with Crippen molar-refractivity contribution in [2.45, 2.75) is 34.6 Å². The van der Waals surface area contributed by atoms with Crippen molar-refractivity contribution in [1.82, 2.24) is 4.90 Å². The van der Waals surface area contributed by atoms with Crippen LogP contribution in [0.5, 0.6) is 0 Å². The van der Waals surface area contributed by atoms with E-state index in [1.54, 1.807) is 0 Å². The summed E-state index contributed by atoms with van der Waals surface area (Å²) in [5, 5.41) is 0. The van der Waals surface area contributed by atoms with E-state index < -0.39 is 0 Å². The van der Waals surface area contributed by atoms with E-state index in [-0.39, 0.29) is 0 Å². The quantitative estimate of drug-likeness (QED) is 0.592. The molecule has 0 heterocycles. The molecule has 0 rings (SSSR count). The fourth-order valence-corrected chi connectivity index (χ4v) is 1.36. The molecule has 0 N–H and O–H groups in total. The Balaban J connectivity index is 3.63. The third kappa shape index (κ3) is 8.26. The van der Waals surface area contributed by atoms with Gasteiger partial charge in [0.15, 0.2) is 0 Å². The van der Waals surface area contributed by atoms with E-state index in [1.807, 2.05) is 6.92 Å². The number of hydrogen-bond donors (Lipinski definition) is 0. The maximum Gasteiger partial charge on any atom is 0.0593 e. The molecular formula is C11H25NO. The Kier molecular flexibility index (Phi) is 6.35. The highest BCUT2D eigenvalue weighted by atomic mass is 16.5. The van der Waals surface area contributed by atoms with Gasteiger partial charge in [-0.1, -0.05) is 27.7 Å². The van der Waals surface area contributed by atoms with Crippen LogP contribution in [-0.4, -0.2) is 37.7 Å². The van der Waals surface area contributed by atoms with Crippen LogP contribution in [0.25, 0.3) is 0 Å². The van der Waals surface area contributed by atoms with E-state index in [2.05, 4.69) is 32.6 Å². The van der Waals surface area contributed by atoms with Gasteiger partial charge in [-0.25, -0.2) is 0 Å². The Morgan fingerprint density at radius 2 is 1.77 bits per heavy atom. The van der Waals surface area contributed by atoms with Gasteiger partial charge in [0.05, 0.1) is 6.61 Å². The molecule has 0 fully saturated rings. The van der Waals surface area contributed by atoms with Crippen molar-refractivity contribution in [3.8, 4) is 0 Å². The molecule has 80 valence electrons. The monoisotopic (exact) mass is 187 g/mol. The smallest absolute Gasteiger partial charge is 0.0593 e. The van der Waals surface area contributed by atoms with E-state index in [0.717, 1.165) is 32.8 Å². The van der Waals surface area contributed by atoms with Crippen molar-refractivity contribution in [1.29, 1.82) is 0 Å². The van der Waals surface area contributed by atoms with Crippen LogP contribution in [0.2, 0.25) is 0 Å². The zero-order chi connectivity index (χ0) is 10.3. The number of nitrogens with zero attached hydrogens (tertiary/aromatic N) is 1. The summed E-state index contributed by atoms with van der Waals surface area (Å²) in [7, 11) is 0. The van der Waals surface area contributed by atoms with Gasteiger partial charge in [0.25, 0.3) is 0 Å². The van der Waals surface area contributed by atoms with Crippen molar-refractivity contribution >= 4 is 0 Å². The largest absolute Gasteiger partial charge is 0.380 e. The first-order chi connectivity index (χ1) is 5.99. The van der Waals surface area contributed by atoms with Crippen LogP contribution < -0.4 is 0 Å². The molecule has 0 amide bonds. The van der Waals surface area contributed by atoms with Gasteiger partial charge in [-0.2, -0.15) is 0 Å². The molecular weight excluding hydrogens is 162 g/mol. The van der Waals surface area contributed by atoms with E-state index in [0.29, 0.717) is 5.41 Å². The molecule has 0 spiro atoms. The number of hydrogen-bond acceptors (Lipinski definition) is 2. The highest BCUT2D eigenvalue weighted by molar-refractivity contribution is 4.67. The van der Waals surface area contributed by atoms with Crippen LogP contribution in [0.3, 0.4) is 0 Å². The van der Waals surface area contributed by atoms with Crippen LogP contribution in [0.15, 0.2) is 0 Å². The van der Waals surface area contributed by atoms with Crippen molar-refractivity contribution in [2.24, 2.45) is 5.41 Å². The second kappa shape index (κ2) is 6.39. The lowest BCUT2D eigenvalue weighted by Crippen LogP contribution is -2.35. The number of likely N-dealkylation sites (N-methyl/N-ethyl adjacent to an activating group) is 1. The minimum atomic E-state index is 0.391. The molecule has 0 atom stereocenters. The summed E-state index contributed by atoms with van der Waals surface area (Å²) < 4.78 is 5.34. The van der Waals surface area contributed by atoms with E-state index in [4.69, 9.17) is 4.74 Å². The molecule has 0 radical (unpaired) electrons.